The van der Waals surface area contributed by atoms with Crippen molar-refractivity contribution >= 4 is 16.9 Å². The van der Waals surface area contributed by atoms with Crippen LogP contribution in [0.15, 0.2) is 36.8 Å². The van der Waals surface area contributed by atoms with E-state index in [1.165, 1.54) is 0 Å². The number of aromatic nitrogens is 4. The molecular formula is C17H21N5O. The number of carbonyl (C=O) groups excluding carboxylic acids is 1. The quantitative estimate of drug-likeness (QED) is 0.761. The van der Waals surface area contributed by atoms with Crippen LogP contribution >= 0.6 is 0 Å². The summed E-state index contributed by atoms with van der Waals surface area (Å²) in [4.78, 5) is 24.5. The van der Waals surface area contributed by atoms with E-state index in [9.17, 15) is 4.79 Å². The van der Waals surface area contributed by atoms with Crippen molar-refractivity contribution in [3.8, 4) is 0 Å². The Morgan fingerprint density at radius 1 is 1.39 bits per heavy atom. The third-order valence-electron chi connectivity index (χ3n) is 4.14. The first-order valence-electron chi connectivity index (χ1n) is 7.82. The van der Waals surface area contributed by atoms with Crippen molar-refractivity contribution in [3.63, 3.8) is 0 Å². The zero-order valence-electron chi connectivity index (χ0n) is 13.6. The summed E-state index contributed by atoms with van der Waals surface area (Å²) < 4.78 is 1.76. The number of imidazole rings is 2. The van der Waals surface area contributed by atoms with Crippen molar-refractivity contribution < 1.29 is 4.79 Å². The lowest BCUT2D eigenvalue weighted by Crippen LogP contribution is -2.33. The fourth-order valence-electron chi connectivity index (χ4n) is 2.58. The average molecular weight is 311 g/mol. The highest BCUT2D eigenvalue weighted by molar-refractivity contribution is 5.92. The van der Waals surface area contributed by atoms with E-state index in [1.807, 2.05) is 31.3 Å². The molecule has 0 unspecified atom stereocenters. The summed E-state index contributed by atoms with van der Waals surface area (Å²) >= 11 is 0. The molecule has 0 spiro atoms. The molecule has 0 fully saturated rings. The number of hydrogen-bond acceptors (Lipinski definition) is 3. The van der Waals surface area contributed by atoms with Crippen molar-refractivity contribution in [1.29, 1.82) is 0 Å². The monoisotopic (exact) mass is 311 g/mol. The molecule has 0 bridgehead atoms. The van der Waals surface area contributed by atoms with Crippen LogP contribution in [0.2, 0.25) is 0 Å². The number of carbonyl (C=O) groups is 1. The van der Waals surface area contributed by atoms with Gasteiger partial charge < -0.3 is 14.9 Å². The van der Waals surface area contributed by atoms with Gasteiger partial charge in [0, 0.05) is 13.2 Å². The lowest BCUT2D eigenvalue weighted by molar-refractivity contribution is 0.0915. The largest absolute Gasteiger partial charge is 0.340 e. The molecule has 0 saturated heterocycles. The molecule has 2 atom stereocenters. The van der Waals surface area contributed by atoms with Gasteiger partial charge in [0.15, 0.2) is 0 Å². The third kappa shape index (κ3) is 3.11. The van der Waals surface area contributed by atoms with Crippen molar-refractivity contribution in [1.82, 2.24) is 24.8 Å². The van der Waals surface area contributed by atoms with Gasteiger partial charge in [-0.15, -0.1) is 0 Å². The van der Waals surface area contributed by atoms with Gasteiger partial charge in [-0.2, -0.15) is 0 Å². The molecule has 2 aromatic heterocycles. The Bertz CT molecular complexity index is 786. The van der Waals surface area contributed by atoms with Crippen LogP contribution in [0, 0.1) is 5.92 Å². The lowest BCUT2D eigenvalue weighted by atomic mass is 9.98. The summed E-state index contributed by atoms with van der Waals surface area (Å²) in [6.45, 7) is 4.21. The number of amides is 1. The van der Waals surface area contributed by atoms with Crippen LogP contribution in [-0.2, 0) is 7.05 Å². The Balaban J connectivity index is 1.89. The zero-order chi connectivity index (χ0) is 16.4. The molecule has 0 aliphatic carbocycles. The topological polar surface area (TPSA) is 75.6 Å². The molecule has 2 heterocycles. The number of H-pyrrole nitrogens is 1. The smallest absolute Gasteiger partial charge is 0.272 e. The molecule has 1 amide bonds. The number of para-hydroxylation sites is 2. The number of nitrogens with zero attached hydrogens (tertiary/aromatic N) is 3. The van der Waals surface area contributed by atoms with Gasteiger partial charge in [-0.3, -0.25) is 4.79 Å². The number of benzene rings is 1. The highest BCUT2D eigenvalue weighted by Crippen LogP contribution is 2.24. The van der Waals surface area contributed by atoms with E-state index in [0.717, 1.165) is 23.3 Å². The second-order valence-electron chi connectivity index (χ2n) is 5.90. The highest BCUT2D eigenvalue weighted by Gasteiger charge is 2.24. The molecule has 0 saturated carbocycles. The minimum Gasteiger partial charge on any atom is -0.340 e. The van der Waals surface area contributed by atoms with E-state index in [2.05, 4.69) is 34.1 Å². The van der Waals surface area contributed by atoms with Gasteiger partial charge in [-0.1, -0.05) is 32.4 Å². The number of hydrogen-bond donors (Lipinski definition) is 2. The Morgan fingerprint density at radius 3 is 2.83 bits per heavy atom. The number of fused-ring (bicyclic) bond motifs is 1. The molecule has 3 rings (SSSR count). The Hall–Kier alpha value is -2.63. The molecule has 0 aliphatic heterocycles. The Kier molecular flexibility index (Phi) is 4.14. The molecular weight excluding hydrogens is 290 g/mol. The second-order valence-corrected chi connectivity index (χ2v) is 5.90. The summed E-state index contributed by atoms with van der Waals surface area (Å²) in [6.07, 6.45) is 4.26. The number of rotatable bonds is 5. The summed E-state index contributed by atoms with van der Waals surface area (Å²) in [5, 5.41) is 3.07. The maximum Gasteiger partial charge on any atom is 0.272 e. The molecule has 23 heavy (non-hydrogen) atoms. The molecule has 6 nitrogen and oxygen atoms in total. The van der Waals surface area contributed by atoms with Gasteiger partial charge in [0.25, 0.3) is 5.91 Å². The van der Waals surface area contributed by atoms with Gasteiger partial charge in [0.05, 0.1) is 23.4 Å². The predicted molar refractivity (Wildman–Crippen MR) is 89.0 cm³/mol. The van der Waals surface area contributed by atoms with Gasteiger partial charge in [0.1, 0.15) is 11.5 Å². The maximum atomic E-state index is 12.4. The lowest BCUT2D eigenvalue weighted by Gasteiger charge is -2.22. The van der Waals surface area contributed by atoms with Crippen molar-refractivity contribution in [2.75, 3.05) is 0 Å². The Labute approximate surface area is 135 Å². The van der Waals surface area contributed by atoms with Crippen LogP contribution < -0.4 is 5.32 Å². The first-order valence-corrected chi connectivity index (χ1v) is 7.82. The first kappa shape index (κ1) is 15.3. The minimum atomic E-state index is -0.184. The first-order chi connectivity index (χ1) is 11.1. The summed E-state index contributed by atoms with van der Waals surface area (Å²) in [6, 6.07) is 7.69. The summed E-state index contributed by atoms with van der Waals surface area (Å²) in [5.74, 6) is 0.851. The number of aromatic amines is 1. The van der Waals surface area contributed by atoms with Gasteiger partial charge in [-0.25, -0.2) is 9.97 Å². The van der Waals surface area contributed by atoms with Crippen molar-refractivity contribution in [2.45, 2.75) is 26.3 Å². The van der Waals surface area contributed by atoms with Crippen LogP contribution in [0.5, 0.6) is 0 Å². The van der Waals surface area contributed by atoms with Crippen molar-refractivity contribution in [3.05, 3.63) is 48.3 Å². The van der Waals surface area contributed by atoms with Crippen molar-refractivity contribution in [2.24, 2.45) is 13.0 Å². The molecule has 3 aromatic rings. The number of nitrogens with one attached hydrogen (secondary N) is 2. The summed E-state index contributed by atoms with van der Waals surface area (Å²) in [7, 11) is 1.84. The normalized spacial score (nSPS) is 13.9. The van der Waals surface area contributed by atoms with Crippen LogP contribution in [0.3, 0.4) is 0 Å². The highest BCUT2D eigenvalue weighted by atomic mass is 16.2. The number of aryl methyl sites for hydroxylation is 1. The van der Waals surface area contributed by atoms with Gasteiger partial charge in [-0.05, 0) is 18.1 Å². The molecule has 1 aromatic carbocycles. The Morgan fingerprint density at radius 2 is 2.17 bits per heavy atom. The van der Waals surface area contributed by atoms with E-state index in [0.29, 0.717) is 5.69 Å². The minimum absolute atomic E-state index is 0.179. The third-order valence-corrected chi connectivity index (χ3v) is 4.14. The molecule has 2 N–H and O–H groups in total. The zero-order valence-corrected chi connectivity index (χ0v) is 13.6. The second kappa shape index (κ2) is 6.24. The fraction of sp³-hybridized carbons (Fsp3) is 0.353. The van der Waals surface area contributed by atoms with Crippen LogP contribution in [-0.4, -0.2) is 25.4 Å². The fourth-order valence-corrected chi connectivity index (χ4v) is 2.58. The SMILES string of the molecule is CC[C@H](C)[C@@H](NC(=O)c1cn(C)cn1)c1nc2ccccc2[nH]1. The molecule has 6 heteroatoms. The van der Waals surface area contributed by atoms with Gasteiger partial charge >= 0.3 is 0 Å². The molecule has 0 radical (unpaired) electrons. The van der Waals surface area contributed by atoms with E-state index < -0.39 is 0 Å². The standard InChI is InChI=1S/C17H21N5O/c1-4-11(2)15(21-17(23)14-9-22(3)10-18-14)16-19-12-7-5-6-8-13(12)20-16/h5-11,15H,4H2,1-3H3,(H,19,20)(H,21,23)/t11-,15+/m0/s1. The van der Waals surface area contributed by atoms with Crippen LogP contribution in [0.1, 0.15) is 42.6 Å². The molecule has 0 aliphatic rings. The van der Waals surface area contributed by atoms with Crippen LogP contribution in [0.25, 0.3) is 11.0 Å². The van der Waals surface area contributed by atoms with Crippen LogP contribution in [0.4, 0.5) is 0 Å². The van der Waals surface area contributed by atoms with E-state index in [4.69, 9.17) is 0 Å². The van der Waals surface area contributed by atoms with E-state index in [1.54, 1.807) is 17.1 Å². The molecule has 120 valence electrons. The average Bonchev–Trinajstić information content (AvgIpc) is 3.17. The predicted octanol–water partition coefficient (Wildman–Crippen LogP) is 2.81. The van der Waals surface area contributed by atoms with Gasteiger partial charge in [0.2, 0.25) is 0 Å². The van der Waals surface area contributed by atoms with E-state index >= 15 is 0 Å². The summed E-state index contributed by atoms with van der Waals surface area (Å²) in [5.41, 5.74) is 2.29. The maximum absolute atomic E-state index is 12.4. The van der Waals surface area contributed by atoms with E-state index in [-0.39, 0.29) is 17.9 Å².